The first-order valence-corrected chi connectivity index (χ1v) is 16.0. The molecule has 1 N–H and O–H groups in total. The van der Waals surface area contributed by atoms with E-state index in [1.165, 1.54) is 83.5 Å². The van der Waals surface area contributed by atoms with E-state index >= 15 is 0 Å². The number of nitrogens with one attached hydrogen (secondary N) is 1. The highest BCUT2D eigenvalue weighted by molar-refractivity contribution is 5.99. The molecule has 0 aromatic carbocycles. The van der Waals surface area contributed by atoms with Crippen molar-refractivity contribution in [3.8, 4) is 0 Å². The van der Waals surface area contributed by atoms with Gasteiger partial charge in [-0.3, -0.25) is 0 Å². The van der Waals surface area contributed by atoms with E-state index in [1.54, 1.807) is 13.8 Å². The molecule has 2 heterocycles. The fourth-order valence-electron chi connectivity index (χ4n) is 5.63. The predicted molar refractivity (Wildman–Crippen MR) is 161 cm³/mol. The summed E-state index contributed by atoms with van der Waals surface area (Å²) in [6.45, 7) is 11.0. The van der Waals surface area contributed by atoms with E-state index in [4.69, 9.17) is 9.47 Å². The molecule has 1 aromatic heterocycles. The van der Waals surface area contributed by atoms with Gasteiger partial charge in [-0.1, -0.05) is 84.0 Å². The summed E-state index contributed by atoms with van der Waals surface area (Å²) in [6.07, 6.45) is 22.9. The van der Waals surface area contributed by atoms with Crippen LogP contribution in [0.2, 0.25) is 0 Å². The lowest BCUT2D eigenvalue weighted by Gasteiger charge is -2.29. The standard InChI is InChI=1S/C34H54N2O4/c1-6-9-10-11-12-13-14-15-16-17-18-19-20-21-24-36-25-22-23-29(26-36)32-30(33(37)39-7-2)27(4)35-28(5)31(32)34(38)40-8-3/h22-23,25-26,32H,6-21,24H2,1-5H3/p+1. The second-order valence-corrected chi connectivity index (χ2v) is 11.0. The molecule has 1 aromatic rings. The Kier molecular flexibility index (Phi) is 16.3. The van der Waals surface area contributed by atoms with Crippen molar-refractivity contribution in [1.29, 1.82) is 0 Å². The molecule has 0 aliphatic carbocycles. The summed E-state index contributed by atoms with van der Waals surface area (Å²) in [5.74, 6) is -1.36. The Bertz CT molecular complexity index is 942. The molecule has 1 aliphatic heterocycles. The van der Waals surface area contributed by atoms with Gasteiger partial charge in [-0.15, -0.1) is 0 Å². The second-order valence-electron chi connectivity index (χ2n) is 11.0. The van der Waals surface area contributed by atoms with Crippen LogP contribution in [0.1, 0.15) is 136 Å². The van der Waals surface area contributed by atoms with Crippen LogP contribution in [0.4, 0.5) is 0 Å². The lowest BCUT2D eigenvalue weighted by molar-refractivity contribution is -0.697. The van der Waals surface area contributed by atoms with Crippen LogP contribution in [-0.4, -0.2) is 25.2 Å². The number of dihydropyridines is 1. The Hall–Kier alpha value is -2.63. The van der Waals surface area contributed by atoms with Gasteiger partial charge in [0.2, 0.25) is 0 Å². The number of pyridine rings is 1. The number of nitrogens with zero attached hydrogens (tertiary/aromatic N) is 1. The molecular weight excluding hydrogens is 500 g/mol. The van der Waals surface area contributed by atoms with Crippen LogP contribution in [0.5, 0.6) is 0 Å². The molecule has 0 radical (unpaired) electrons. The zero-order valence-corrected chi connectivity index (χ0v) is 26.0. The Labute approximate surface area is 243 Å². The van der Waals surface area contributed by atoms with Crippen LogP contribution in [0, 0.1) is 0 Å². The monoisotopic (exact) mass is 555 g/mol. The number of allylic oxidation sites excluding steroid dienone is 2. The molecule has 0 atom stereocenters. The minimum absolute atomic E-state index is 0.272. The number of aromatic nitrogens is 1. The summed E-state index contributed by atoms with van der Waals surface area (Å²) in [5.41, 5.74) is 3.22. The Morgan fingerprint density at radius 2 is 1.18 bits per heavy atom. The number of unbranched alkanes of at least 4 members (excludes halogenated alkanes) is 13. The van der Waals surface area contributed by atoms with Gasteiger partial charge < -0.3 is 14.8 Å². The normalized spacial score (nSPS) is 13.9. The Morgan fingerprint density at radius 1 is 0.725 bits per heavy atom. The van der Waals surface area contributed by atoms with Crippen LogP contribution >= 0.6 is 0 Å². The van der Waals surface area contributed by atoms with Crippen LogP contribution in [0.15, 0.2) is 47.1 Å². The molecule has 6 nitrogen and oxygen atoms in total. The molecule has 0 saturated carbocycles. The van der Waals surface area contributed by atoms with E-state index in [2.05, 4.69) is 29.2 Å². The molecule has 0 amide bonds. The van der Waals surface area contributed by atoms with Gasteiger partial charge in [0.25, 0.3) is 0 Å². The summed E-state index contributed by atoms with van der Waals surface area (Å²) in [7, 11) is 0. The van der Waals surface area contributed by atoms with Crippen molar-refractivity contribution < 1.29 is 23.6 Å². The molecule has 40 heavy (non-hydrogen) atoms. The van der Waals surface area contributed by atoms with Gasteiger partial charge in [0.1, 0.15) is 6.54 Å². The molecule has 0 spiro atoms. The van der Waals surface area contributed by atoms with Crippen molar-refractivity contribution in [3.05, 3.63) is 52.6 Å². The fraction of sp³-hybridized carbons (Fsp3) is 0.676. The van der Waals surface area contributed by atoms with Gasteiger partial charge in [-0.05, 0) is 40.2 Å². The number of esters is 2. The minimum Gasteiger partial charge on any atom is -0.463 e. The minimum atomic E-state index is -0.539. The van der Waals surface area contributed by atoms with Gasteiger partial charge in [0.05, 0.1) is 30.3 Å². The summed E-state index contributed by atoms with van der Waals surface area (Å²) < 4.78 is 13.0. The van der Waals surface area contributed by atoms with Crippen LogP contribution in [0.3, 0.4) is 0 Å². The number of rotatable bonds is 20. The van der Waals surface area contributed by atoms with E-state index in [0.717, 1.165) is 18.5 Å². The maximum Gasteiger partial charge on any atom is 0.336 e. The molecule has 0 saturated heterocycles. The molecule has 224 valence electrons. The van der Waals surface area contributed by atoms with Gasteiger partial charge in [0, 0.05) is 29.4 Å². The van der Waals surface area contributed by atoms with Crippen LogP contribution in [0.25, 0.3) is 0 Å². The van der Waals surface area contributed by atoms with Crippen molar-refractivity contribution in [2.45, 2.75) is 137 Å². The highest BCUT2D eigenvalue weighted by Gasteiger charge is 2.38. The third-order valence-corrected chi connectivity index (χ3v) is 7.74. The summed E-state index contributed by atoms with van der Waals surface area (Å²) in [5, 5.41) is 3.20. The molecule has 0 unspecified atom stereocenters. The van der Waals surface area contributed by atoms with E-state index in [-0.39, 0.29) is 13.2 Å². The van der Waals surface area contributed by atoms with Gasteiger partial charge in [-0.2, -0.15) is 0 Å². The van der Waals surface area contributed by atoms with Crippen molar-refractivity contribution in [2.75, 3.05) is 13.2 Å². The highest BCUT2D eigenvalue weighted by atomic mass is 16.5. The van der Waals surface area contributed by atoms with E-state index in [9.17, 15) is 9.59 Å². The number of hydrogen-bond acceptors (Lipinski definition) is 5. The molecule has 0 bridgehead atoms. The number of ether oxygens (including phenoxy) is 2. The summed E-state index contributed by atoms with van der Waals surface area (Å²) in [6, 6.07) is 3.98. The quantitative estimate of drug-likeness (QED) is 0.101. The first-order chi connectivity index (χ1) is 19.4. The first-order valence-electron chi connectivity index (χ1n) is 16.0. The summed E-state index contributed by atoms with van der Waals surface area (Å²) >= 11 is 0. The number of carbonyl (C=O) groups excluding carboxylic acids is 2. The lowest BCUT2D eigenvalue weighted by atomic mass is 9.81. The third-order valence-electron chi connectivity index (χ3n) is 7.74. The largest absolute Gasteiger partial charge is 0.463 e. The predicted octanol–water partition coefficient (Wildman–Crippen LogP) is 7.82. The fourth-order valence-corrected chi connectivity index (χ4v) is 5.63. The van der Waals surface area contributed by atoms with E-state index in [1.807, 2.05) is 26.0 Å². The molecule has 6 heteroatoms. The Balaban J connectivity index is 1.90. The topological polar surface area (TPSA) is 68.5 Å². The number of hydrogen-bond donors (Lipinski definition) is 1. The maximum absolute atomic E-state index is 13.0. The van der Waals surface area contributed by atoms with E-state index in [0.29, 0.717) is 22.5 Å². The molecular formula is C34H55N2O4+. The Morgan fingerprint density at radius 3 is 1.62 bits per heavy atom. The van der Waals surface area contributed by atoms with Gasteiger partial charge in [-0.25, -0.2) is 14.2 Å². The van der Waals surface area contributed by atoms with Crippen molar-refractivity contribution in [1.82, 2.24) is 5.32 Å². The molecule has 1 aliphatic rings. The number of aryl methyl sites for hydroxylation is 1. The van der Waals surface area contributed by atoms with Crippen molar-refractivity contribution in [3.63, 3.8) is 0 Å². The zero-order valence-electron chi connectivity index (χ0n) is 26.0. The maximum atomic E-state index is 13.0. The first kappa shape index (κ1) is 33.6. The van der Waals surface area contributed by atoms with Gasteiger partial charge in [0.15, 0.2) is 12.4 Å². The average molecular weight is 556 g/mol. The lowest BCUT2D eigenvalue weighted by Crippen LogP contribution is -2.36. The van der Waals surface area contributed by atoms with Crippen molar-refractivity contribution >= 4 is 11.9 Å². The summed E-state index contributed by atoms with van der Waals surface area (Å²) in [4.78, 5) is 26.1. The molecule has 0 fully saturated rings. The third kappa shape index (κ3) is 11.1. The average Bonchev–Trinajstić information content (AvgIpc) is 2.93. The number of carbonyl (C=O) groups is 2. The zero-order chi connectivity index (χ0) is 29.2. The van der Waals surface area contributed by atoms with E-state index < -0.39 is 17.9 Å². The molecule has 2 rings (SSSR count). The van der Waals surface area contributed by atoms with Gasteiger partial charge >= 0.3 is 11.9 Å². The van der Waals surface area contributed by atoms with Crippen LogP contribution < -0.4 is 9.88 Å². The SMILES string of the molecule is CCCCCCCCCCCCCCCC[n+]1cccc(C2C(C(=O)OCC)=C(C)NC(C)=C2C(=O)OCC)c1. The highest BCUT2D eigenvalue weighted by Crippen LogP contribution is 2.38. The van der Waals surface area contributed by atoms with Crippen molar-refractivity contribution in [2.24, 2.45) is 0 Å². The van der Waals surface area contributed by atoms with Crippen LogP contribution in [-0.2, 0) is 25.6 Å². The smallest absolute Gasteiger partial charge is 0.336 e. The second kappa shape index (κ2) is 19.4.